The molecule has 1 aliphatic carbocycles. The number of nitrogens with one attached hydrogen (secondary N) is 1. The van der Waals surface area contributed by atoms with Crippen LogP contribution in [0, 0.1) is 6.92 Å². The summed E-state index contributed by atoms with van der Waals surface area (Å²) in [5.74, 6) is 0. The molecule has 2 rings (SSSR count). The fourth-order valence-corrected chi connectivity index (χ4v) is 3.89. The van der Waals surface area contributed by atoms with Crippen molar-refractivity contribution in [2.24, 2.45) is 0 Å². The lowest BCUT2D eigenvalue weighted by Gasteiger charge is -2.29. The standard InChI is InChI=1S/C16H25NS/c1-3-11-17-14-5-4-6-16(12-14)18-15-9-7-13(2)8-10-15/h7-10,14,16-17H,3-6,11-12H2,1-2H3. The van der Waals surface area contributed by atoms with Crippen molar-refractivity contribution in [2.45, 2.75) is 62.1 Å². The number of hydrogen-bond donors (Lipinski definition) is 1. The van der Waals surface area contributed by atoms with Gasteiger partial charge < -0.3 is 5.32 Å². The molecule has 0 radical (unpaired) electrons. The molecule has 1 fully saturated rings. The van der Waals surface area contributed by atoms with Crippen LogP contribution in [-0.4, -0.2) is 17.8 Å². The van der Waals surface area contributed by atoms with Crippen molar-refractivity contribution in [1.82, 2.24) is 5.32 Å². The lowest BCUT2D eigenvalue weighted by Crippen LogP contribution is -2.35. The quantitative estimate of drug-likeness (QED) is 0.845. The normalized spacial score (nSPS) is 24.1. The van der Waals surface area contributed by atoms with Gasteiger partial charge in [-0.25, -0.2) is 0 Å². The lowest BCUT2D eigenvalue weighted by atomic mass is 9.95. The van der Waals surface area contributed by atoms with E-state index in [-0.39, 0.29) is 0 Å². The summed E-state index contributed by atoms with van der Waals surface area (Å²) in [7, 11) is 0. The fourth-order valence-electron chi connectivity index (χ4n) is 2.60. The summed E-state index contributed by atoms with van der Waals surface area (Å²) in [6.07, 6.45) is 6.70. The third-order valence-corrected chi connectivity index (χ3v) is 4.94. The first-order valence-electron chi connectivity index (χ1n) is 7.24. The largest absolute Gasteiger partial charge is 0.314 e. The van der Waals surface area contributed by atoms with E-state index in [9.17, 15) is 0 Å². The second-order valence-corrected chi connectivity index (χ2v) is 6.74. The first-order chi connectivity index (χ1) is 8.78. The molecule has 1 saturated carbocycles. The van der Waals surface area contributed by atoms with Crippen LogP contribution in [-0.2, 0) is 0 Å². The minimum Gasteiger partial charge on any atom is -0.314 e. The van der Waals surface area contributed by atoms with E-state index in [1.807, 2.05) is 0 Å². The zero-order chi connectivity index (χ0) is 12.8. The highest BCUT2D eigenvalue weighted by Gasteiger charge is 2.21. The third kappa shape index (κ3) is 4.33. The van der Waals surface area contributed by atoms with E-state index >= 15 is 0 Å². The minimum atomic E-state index is 0.752. The van der Waals surface area contributed by atoms with Crippen LogP contribution in [0.15, 0.2) is 29.2 Å². The van der Waals surface area contributed by atoms with E-state index < -0.39 is 0 Å². The van der Waals surface area contributed by atoms with Gasteiger partial charge in [0, 0.05) is 16.2 Å². The summed E-state index contributed by atoms with van der Waals surface area (Å²) in [6.45, 7) is 5.57. The highest BCUT2D eigenvalue weighted by atomic mass is 32.2. The predicted octanol–water partition coefficient (Wildman–Crippen LogP) is 4.40. The van der Waals surface area contributed by atoms with Gasteiger partial charge in [-0.2, -0.15) is 0 Å². The molecule has 2 atom stereocenters. The molecule has 1 aromatic rings. The molecule has 18 heavy (non-hydrogen) atoms. The Kier molecular flexibility index (Phi) is 5.58. The van der Waals surface area contributed by atoms with Gasteiger partial charge in [-0.3, -0.25) is 0 Å². The van der Waals surface area contributed by atoms with Crippen LogP contribution in [0.1, 0.15) is 44.6 Å². The van der Waals surface area contributed by atoms with Crippen LogP contribution in [0.2, 0.25) is 0 Å². The second-order valence-electron chi connectivity index (χ2n) is 5.37. The zero-order valence-electron chi connectivity index (χ0n) is 11.6. The first kappa shape index (κ1) is 14.0. The summed E-state index contributed by atoms with van der Waals surface area (Å²) in [6, 6.07) is 9.73. The Morgan fingerprint density at radius 1 is 1.22 bits per heavy atom. The number of rotatable bonds is 5. The maximum absolute atomic E-state index is 3.68. The molecule has 0 spiro atoms. The van der Waals surface area contributed by atoms with Crippen molar-refractivity contribution in [3.8, 4) is 0 Å². The predicted molar refractivity (Wildman–Crippen MR) is 81.4 cm³/mol. The maximum Gasteiger partial charge on any atom is 0.0109 e. The summed E-state index contributed by atoms with van der Waals surface area (Å²) >= 11 is 2.07. The van der Waals surface area contributed by atoms with E-state index in [4.69, 9.17) is 0 Å². The second kappa shape index (κ2) is 7.20. The van der Waals surface area contributed by atoms with E-state index in [0.29, 0.717) is 0 Å². The van der Waals surface area contributed by atoms with Crippen molar-refractivity contribution in [3.63, 3.8) is 0 Å². The van der Waals surface area contributed by atoms with Crippen LogP contribution in [0.3, 0.4) is 0 Å². The van der Waals surface area contributed by atoms with Gasteiger partial charge in [0.05, 0.1) is 0 Å². The number of aryl methyl sites for hydroxylation is 1. The van der Waals surface area contributed by atoms with Crippen molar-refractivity contribution in [3.05, 3.63) is 29.8 Å². The first-order valence-corrected chi connectivity index (χ1v) is 8.12. The molecule has 0 heterocycles. The molecule has 1 N–H and O–H groups in total. The van der Waals surface area contributed by atoms with E-state index in [1.54, 1.807) is 0 Å². The van der Waals surface area contributed by atoms with Gasteiger partial charge in [0.25, 0.3) is 0 Å². The molecule has 0 amide bonds. The zero-order valence-corrected chi connectivity index (χ0v) is 12.4. The van der Waals surface area contributed by atoms with Crippen molar-refractivity contribution < 1.29 is 0 Å². The van der Waals surface area contributed by atoms with Gasteiger partial charge in [0.15, 0.2) is 0 Å². The molecule has 1 nitrogen and oxygen atoms in total. The Morgan fingerprint density at radius 2 is 2.00 bits per heavy atom. The molecule has 2 unspecified atom stereocenters. The third-order valence-electron chi connectivity index (χ3n) is 3.63. The van der Waals surface area contributed by atoms with Crippen molar-refractivity contribution >= 4 is 11.8 Å². The average Bonchev–Trinajstić information content (AvgIpc) is 2.40. The van der Waals surface area contributed by atoms with E-state index in [1.165, 1.54) is 49.1 Å². The van der Waals surface area contributed by atoms with Gasteiger partial charge in [-0.15, -0.1) is 11.8 Å². The van der Waals surface area contributed by atoms with Crippen LogP contribution in [0.5, 0.6) is 0 Å². The molecule has 0 bridgehead atoms. The van der Waals surface area contributed by atoms with E-state index in [0.717, 1.165) is 11.3 Å². The topological polar surface area (TPSA) is 12.0 Å². The van der Waals surface area contributed by atoms with Gasteiger partial charge >= 0.3 is 0 Å². The molecule has 2 heteroatoms. The maximum atomic E-state index is 3.68. The van der Waals surface area contributed by atoms with Gasteiger partial charge in [0.2, 0.25) is 0 Å². The van der Waals surface area contributed by atoms with Crippen LogP contribution in [0.25, 0.3) is 0 Å². The van der Waals surface area contributed by atoms with Crippen molar-refractivity contribution in [1.29, 1.82) is 0 Å². The SMILES string of the molecule is CCCNC1CCCC(Sc2ccc(C)cc2)C1. The van der Waals surface area contributed by atoms with Crippen LogP contribution in [0.4, 0.5) is 0 Å². The fraction of sp³-hybridized carbons (Fsp3) is 0.625. The molecule has 0 aliphatic heterocycles. The molecule has 1 aliphatic rings. The number of thioether (sulfide) groups is 1. The minimum absolute atomic E-state index is 0.752. The Bertz CT molecular complexity index is 347. The summed E-state index contributed by atoms with van der Waals surface area (Å²) in [4.78, 5) is 1.43. The molecular formula is C16H25NS. The Hall–Kier alpha value is -0.470. The summed E-state index contributed by atoms with van der Waals surface area (Å²) < 4.78 is 0. The van der Waals surface area contributed by atoms with E-state index in [2.05, 4.69) is 55.2 Å². The molecule has 0 aromatic heterocycles. The number of hydrogen-bond acceptors (Lipinski definition) is 2. The molecule has 0 saturated heterocycles. The highest BCUT2D eigenvalue weighted by molar-refractivity contribution is 8.00. The molecule has 100 valence electrons. The van der Waals surface area contributed by atoms with Gasteiger partial charge in [0.1, 0.15) is 0 Å². The van der Waals surface area contributed by atoms with Crippen LogP contribution < -0.4 is 5.32 Å². The van der Waals surface area contributed by atoms with Crippen molar-refractivity contribution in [2.75, 3.05) is 6.54 Å². The molecular weight excluding hydrogens is 238 g/mol. The Balaban J connectivity index is 1.83. The Labute approximate surface area is 116 Å². The van der Waals surface area contributed by atoms with Gasteiger partial charge in [-0.1, -0.05) is 31.0 Å². The monoisotopic (exact) mass is 263 g/mol. The van der Waals surface area contributed by atoms with Crippen LogP contribution >= 0.6 is 11.8 Å². The lowest BCUT2D eigenvalue weighted by molar-refractivity contribution is 0.381. The smallest absolute Gasteiger partial charge is 0.0109 e. The highest BCUT2D eigenvalue weighted by Crippen LogP contribution is 2.33. The molecule has 1 aromatic carbocycles. The Morgan fingerprint density at radius 3 is 2.72 bits per heavy atom. The van der Waals surface area contributed by atoms with Gasteiger partial charge in [-0.05, 0) is 51.3 Å². The summed E-state index contributed by atoms with van der Waals surface area (Å²) in [5.41, 5.74) is 1.35. The number of benzene rings is 1. The average molecular weight is 263 g/mol. The summed E-state index contributed by atoms with van der Waals surface area (Å²) in [5, 5.41) is 4.48.